The van der Waals surface area contributed by atoms with Gasteiger partial charge in [0.05, 0.1) is 0 Å². The van der Waals surface area contributed by atoms with Crippen molar-refractivity contribution in [1.82, 2.24) is 4.37 Å². The molecular weight excluding hydrogens is 218 g/mol. The lowest BCUT2D eigenvalue weighted by Crippen LogP contribution is -2.30. The third kappa shape index (κ3) is 2.32. The summed E-state index contributed by atoms with van der Waals surface area (Å²) in [5.74, 6) is 2.35. The van der Waals surface area contributed by atoms with Gasteiger partial charge >= 0.3 is 0 Å². The second-order valence-electron chi connectivity index (χ2n) is 5.13. The van der Waals surface area contributed by atoms with Crippen LogP contribution in [0, 0.1) is 18.8 Å². The second-order valence-corrected chi connectivity index (χ2v) is 5.90. The molecule has 4 heteroatoms. The summed E-state index contributed by atoms with van der Waals surface area (Å²) in [5, 5.41) is 4.75. The van der Waals surface area contributed by atoms with Gasteiger partial charge in [-0.2, -0.15) is 4.37 Å². The molecule has 0 spiro atoms. The Morgan fingerprint density at radius 1 is 1.31 bits per heavy atom. The molecule has 90 valence electrons. The maximum Gasteiger partial charge on any atom is 0.142 e. The van der Waals surface area contributed by atoms with Gasteiger partial charge in [-0.05, 0) is 49.6 Å². The van der Waals surface area contributed by atoms with E-state index in [-0.39, 0.29) is 0 Å². The van der Waals surface area contributed by atoms with Crippen molar-refractivity contribution in [2.75, 3.05) is 11.1 Å². The van der Waals surface area contributed by atoms with Gasteiger partial charge in [-0.25, -0.2) is 0 Å². The Balaban J connectivity index is 1.98. The first-order chi connectivity index (χ1) is 7.58. The van der Waals surface area contributed by atoms with Crippen molar-refractivity contribution in [3.8, 4) is 0 Å². The molecule has 16 heavy (non-hydrogen) atoms. The molecule has 0 radical (unpaired) electrons. The van der Waals surface area contributed by atoms with Crippen LogP contribution in [0.5, 0.6) is 0 Å². The highest BCUT2D eigenvalue weighted by atomic mass is 32.1. The van der Waals surface area contributed by atoms with E-state index in [0.717, 1.165) is 22.4 Å². The Labute approximate surface area is 102 Å². The molecule has 1 aliphatic carbocycles. The van der Waals surface area contributed by atoms with Crippen LogP contribution in [0.2, 0.25) is 0 Å². The quantitative estimate of drug-likeness (QED) is 0.832. The van der Waals surface area contributed by atoms with E-state index in [9.17, 15) is 0 Å². The van der Waals surface area contributed by atoms with Crippen LogP contribution in [-0.2, 0) is 0 Å². The van der Waals surface area contributed by atoms with Crippen molar-refractivity contribution in [1.29, 1.82) is 0 Å². The molecule has 3 nitrogen and oxygen atoms in total. The molecule has 0 aromatic carbocycles. The number of rotatable bonds is 2. The van der Waals surface area contributed by atoms with Gasteiger partial charge < -0.3 is 11.1 Å². The van der Waals surface area contributed by atoms with Crippen LogP contribution in [0.4, 0.5) is 10.8 Å². The minimum atomic E-state index is 0.602. The minimum absolute atomic E-state index is 0.602. The molecule has 1 saturated carbocycles. The van der Waals surface area contributed by atoms with Crippen molar-refractivity contribution in [2.24, 2.45) is 11.8 Å². The molecule has 3 unspecified atom stereocenters. The molecule has 1 aliphatic rings. The number of nitrogens with zero attached hydrogens (tertiary/aromatic N) is 1. The van der Waals surface area contributed by atoms with Gasteiger partial charge in [-0.3, -0.25) is 0 Å². The van der Waals surface area contributed by atoms with Crippen LogP contribution in [-0.4, -0.2) is 10.4 Å². The van der Waals surface area contributed by atoms with E-state index in [4.69, 9.17) is 5.73 Å². The highest BCUT2D eigenvalue weighted by Crippen LogP contribution is 2.33. The molecule has 3 N–H and O–H groups in total. The zero-order valence-corrected chi connectivity index (χ0v) is 11.1. The van der Waals surface area contributed by atoms with Gasteiger partial charge in [-0.1, -0.05) is 13.8 Å². The first-order valence-corrected chi connectivity index (χ1v) is 6.83. The highest BCUT2D eigenvalue weighted by molar-refractivity contribution is 7.10. The van der Waals surface area contributed by atoms with Gasteiger partial charge in [0.2, 0.25) is 0 Å². The Morgan fingerprint density at radius 2 is 2.06 bits per heavy atom. The van der Waals surface area contributed by atoms with Gasteiger partial charge in [-0.15, -0.1) is 0 Å². The lowest BCUT2D eigenvalue weighted by Gasteiger charge is -2.32. The van der Waals surface area contributed by atoms with Crippen LogP contribution in [0.25, 0.3) is 0 Å². The van der Waals surface area contributed by atoms with Crippen LogP contribution in [0.3, 0.4) is 0 Å². The van der Waals surface area contributed by atoms with Gasteiger partial charge in [0, 0.05) is 11.6 Å². The van der Waals surface area contributed by atoms with Crippen molar-refractivity contribution in [3.05, 3.63) is 5.56 Å². The molecule has 1 aromatic heterocycles. The average Bonchev–Trinajstić information content (AvgIpc) is 2.55. The molecular formula is C12H21N3S. The van der Waals surface area contributed by atoms with E-state index in [2.05, 4.69) is 23.5 Å². The predicted molar refractivity (Wildman–Crippen MR) is 70.9 cm³/mol. The summed E-state index contributed by atoms with van der Waals surface area (Å²) in [5.41, 5.74) is 6.86. The molecule has 0 amide bonds. The van der Waals surface area contributed by atoms with Crippen molar-refractivity contribution < 1.29 is 0 Å². The van der Waals surface area contributed by atoms with Crippen LogP contribution >= 0.6 is 11.5 Å². The predicted octanol–water partition coefficient (Wildman–Crippen LogP) is 3.27. The lowest BCUT2D eigenvalue weighted by atomic mass is 9.79. The Morgan fingerprint density at radius 3 is 2.62 bits per heavy atom. The van der Waals surface area contributed by atoms with Crippen molar-refractivity contribution in [3.63, 3.8) is 0 Å². The number of aromatic nitrogens is 1. The number of nitrogens with two attached hydrogens (primary N) is 1. The Kier molecular flexibility index (Phi) is 3.38. The fourth-order valence-electron chi connectivity index (χ4n) is 2.35. The van der Waals surface area contributed by atoms with Gasteiger partial charge in [0.25, 0.3) is 0 Å². The fraction of sp³-hybridized carbons (Fsp3) is 0.750. The minimum Gasteiger partial charge on any atom is -0.383 e. The summed E-state index contributed by atoms with van der Waals surface area (Å²) in [6, 6.07) is 0.602. The average molecular weight is 239 g/mol. The summed E-state index contributed by atoms with van der Waals surface area (Å²) < 4.78 is 4.17. The van der Waals surface area contributed by atoms with Gasteiger partial charge in [0.15, 0.2) is 0 Å². The van der Waals surface area contributed by atoms with Crippen LogP contribution in [0.15, 0.2) is 0 Å². The number of nitrogen functional groups attached to an aromatic ring is 1. The Bertz CT molecular complexity index is 361. The monoisotopic (exact) mass is 239 g/mol. The maximum atomic E-state index is 5.75. The molecule has 1 heterocycles. The summed E-state index contributed by atoms with van der Waals surface area (Å²) in [6.07, 6.45) is 3.85. The first kappa shape index (κ1) is 11.7. The Hall–Kier alpha value is -0.770. The highest BCUT2D eigenvalue weighted by Gasteiger charge is 2.25. The van der Waals surface area contributed by atoms with Crippen LogP contribution < -0.4 is 11.1 Å². The zero-order valence-electron chi connectivity index (χ0n) is 10.3. The van der Waals surface area contributed by atoms with Gasteiger partial charge in [0.1, 0.15) is 10.8 Å². The van der Waals surface area contributed by atoms with E-state index in [1.54, 1.807) is 0 Å². The third-order valence-corrected chi connectivity index (χ3v) is 4.79. The third-order valence-electron chi connectivity index (χ3n) is 3.89. The topological polar surface area (TPSA) is 50.9 Å². The largest absolute Gasteiger partial charge is 0.383 e. The molecule has 1 aromatic rings. The molecule has 3 atom stereocenters. The molecule has 0 bridgehead atoms. The summed E-state index contributed by atoms with van der Waals surface area (Å²) in [4.78, 5) is 0. The first-order valence-electron chi connectivity index (χ1n) is 6.06. The molecule has 2 rings (SSSR count). The summed E-state index contributed by atoms with van der Waals surface area (Å²) >= 11 is 1.49. The number of hydrogen-bond acceptors (Lipinski definition) is 4. The fourth-order valence-corrected chi connectivity index (χ4v) is 3.13. The van der Waals surface area contributed by atoms with E-state index in [0.29, 0.717) is 11.9 Å². The summed E-state index contributed by atoms with van der Waals surface area (Å²) in [7, 11) is 0. The van der Waals surface area contributed by atoms with Crippen molar-refractivity contribution >= 4 is 22.4 Å². The number of hydrogen-bond donors (Lipinski definition) is 2. The number of anilines is 2. The molecule has 1 fully saturated rings. The molecule has 0 saturated heterocycles. The van der Waals surface area contributed by atoms with Crippen molar-refractivity contribution in [2.45, 2.75) is 46.1 Å². The number of nitrogens with one attached hydrogen (secondary N) is 1. The summed E-state index contributed by atoms with van der Waals surface area (Å²) in [6.45, 7) is 6.75. The van der Waals surface area contributed by atoms with E-state index in [1.165, 1.54) is 30.8 Å². The molecule has 0 aliphatic heterocycles. The van der Waals surface area contributed by atoms with E-state index in [1.807, 2.05) is 6.92 Å². The maximum absolute atomic E-state index is 5.75. The zero-order chi connectivity index (χ0) is 11.7. The lowest BCUT2D eigenvalue weighted by molar-refractivity contribution is 0.261. The smallest absolute Gasteiger partial charge is 0.142 e. The standard InChI is InChI=1S/C12H21N3S/c1-7-4-5-10(6-8(7)2)14-12-9(3)11(13)15-16-12/h7-8,10,14H,4-6H2,1-3H3,(H2,13,15). The SMILES string of the molecule is Cc1c(N)nsc1NC1CCC(C)C(C)C1. The normalized spacial score (nSPS) is 30.3. The van der Waals surface area contributed by atoms with E-state index < -0.39 is 0 Å². The second kappa shape index (κ2) is 4.62. The van der Waals surface area contributed by atoms with E-state index >= 15 is 0 Å². The van der Waals surface area contributed by atoms with Crippen LogP contribution in [0.1, 0.15) is 38.7 Å².